The number of carboxylic acids is 1. The van der Waals surface area contributed by atoms with Crippen LogP contribution in [0.4, 0.5) is 0 Å². The van der Waals surface area contributed by atoms with Crippen LogP contribution < -0.4 is 5.32 Å². The van der Waals surface area contributed by atoms with E-state index in [-0.39, 0.29) is 5.91 Å². The number of aliphatic carboxylic acids is 1. The lowest BCUT2D eigenvalue weighted by molar-refractivity contribution is -0.141. The Bertz CT molecular complexity index is 318. The highest BCUT2D eigenvalue weighted by atomic mass is 16.4. The number of hydrogen-bond donors (Lipinski definition) is 2. The molecule has 0 spiro atoms. The number of carboxylic acid groups (broad SMARTS) is 1. The Hall–Kier alpha value is -1.06. The van der Waals surface area contributed by atoms with Gasteiger partial charge in [-0.05, 0) is 13.3 Å². The molecule has 0 bridgehead atoms. The molecule has 4 heteroatoms. The Balaban J connectivity index is 3.20. The van der Waals surface area contributed by atoms with Crippen LogP contribution in [0, 0.1) is 0 Å². The Morgan fingerprint density at radius 1 is 0.750 bits per heavy atom. The molecular formula is C20H39NO3. The molecule has 0 aliphatic carbocycles. The lowest BCUT2D eigenvalue weighted by Gasteiger charge is -2.08. The lowest BCUT2D eigenvalue weighted by Crippen LogP contribution is -2.38. The molecule has 0 saturated heterocycles. The lowest BCUT2D eigenvalue weighted by atomic mass is 10.0. The SMILES string of the molecule is CCCCCCCCCCCCCCCCC(=O)N[C@@H](C)C(=O)O. The first-order chi connectivity index (χ1) is 11.6. The third-order valence-corrected chi connectivity index (χ3v) is 4.51. The van der Waals surface area contributed by atoms with Gasteiger partial charge in [0.05, 0.1) is 0 Å². The zero-order valence-corrected chi connectivity index (χ0v) is 15.9. The number of rotatable bonds is 17. The van der Waals surface area contributed by atoms with E-state index in [2.05, 4.69) is 12.2 Å². The van der Waals surface area contributed by atoms with Crippen molar-refractivity contribution in [1.29, 1.82) is 0 Å². The van der Waals surface area contributed by atoms with Gasteiger partial charge < -0.3 is 10.4 Å². The minimum absolute atomic E-state index is 0.149. The average Bonchev–Trinajstić information content (AvgIpc) is 2.55. The molecular weight excluding hydrogens is 302 g/mol. The summed E-state index contributed by atoms with van der Waals surface area (Å²) in [6.45, 7) is 3.75. The molecule has 0 aliphatic rings. The normalized spacial score (nSPS) is 12.1. The van der Waals surface area contributed by atoms with E-state index in [4.69, 9.17) is 5.11 Å². The third-order valence-electron chi connectivity index (χ3n) is 4.51. The van der Waals surface area contributed by atoms with Crippen LogP contribution in [0.2, 0.25) is 0 Å². The van der Waals surface area contributed by atoms with Gasteiger partial charge in [0.1, 0.15) is 6.04 Å². The van der Waals surface area contributed by atoms with Crippen LogP contribution in [0.5, 0.6) is 0 Å². The van der Waals surface area contributed by atoms with E-state index in [1.165, 1.54) is 84.0 Å². The zero-order chi connectivity index (χ0) is 18.0. The van der Waals surface area contributed by atoms with Gasteiger partial charge in [-0.2, -0.15) is 0 Å². The van der Waals surface area contributed by atoms with Gasteiger partial charge in [-0.15, -0.1) is 0 Å². The second-order valence-electron chi connectivity index (χ2n) is 6.97. The molecule has 0 aromatic rings. The molecule has 1 amide bonds. The molecule has 0 aliphatic heterocycles. The molecule has 1 atom stereocenters. The van der Waals surface area contributed by atoms with Crippen molar-refractivity contribution in [2.45, 2.75) is 116 Å². The maximum atomic E-state index is 11.5. The van der Waals surface area contributed by atoms with Gasteiger partial charge >= 0.3 is 5.97 Å². The highest BCUT2D eigenvalue weighted by Gasteiger charge is 2.12. The van der Waals surface area contributed by atoms with Crippen molar-refractivity contribution in [1.82, 2.24) is 5.32 Å². The predicted molar refractivity (Wildman–Crippen MR) is 100 cm³/mol. The third kappa shape index (κ3) is 15.8. The fourth-order valence-corrected chi connectivity index (χ4v) is 2.86. The summed E-state index contributed by atoms with van der Waals surface area (Å²) in [6.07, 6.45) is 18.5. The topological polar surface area (TPSA) is 66.4 Å². The van der Waals surface area contributed by atoms with Crippen LogP contribution in [-0.2, 0) is 9.59 Å². The van der Waals surface area contributed by atoms with Gasteiger partial charge in [0.15, 0.2) is 0 Å². The van der Waals surface area contributed by atoms with Crippen molar-refractivity contribution < 1.29 is 14.7 Å². The van der Waals surface area contributed by atoms with Crippen molar-refractivity contribution in [2.24, 2.45) is 0 Å². The molecule has 0 rings (SSSR count). The van der Waals surface area contributed by atoms with Gasteiger partial charge in [0.2, 0.25) is 5.91 Å². The molecule has 2 N–H and O–H groups in total. The van der Waals surface area contributed by atoms with Crippen LogP contribution in [0.1, 0.15) is 110 Å². The first-order valence-corrected chi connectivity index (χ1v) is 10.1. The number of unbranched alkanes of at least 4 members (excludes halogenated alkanes) is 13. The molecule has 0 aromatic heterocycles. The van der Waals surface area contributed by atoms with Gasteiger partial charge in [-0.1, -0.05) is 90.4 Å². The summed E-state index contributed by atoms with van der Waals surface area (Å²) in [5.41, 5.74) is 0. The van der Waals surface area contributed by atoms with E-state index in [1.807, 2.05) is 0 Å². The van der Waals surface area contributed by atoms with E-state index in [0.717, 1.165) is 12.8 Å². The van der Waals surface area contributed by atoms with Crippen molar-refractivity contribution in [3.05, 3.63) is 0 Å². The highest BCUT2D eigenvalue weighted by molar-refractivity contribution is 5.83. The Labute approximate surface area is 148 Å². The van der Waals surface area contributed by atoms with Crippen LogP contribution in [0.15, 0.2) is 0 Å². The summed E-state index contributed by atoms with van der Waals surface area (Å²) in [5, 5.41) is 11.2. The molecule has 4 nitrogen and oxygen atoms in total. The van der Waals surface area contributed by atoms with Crippen LogP contribution in [0.25, 0.3) is 0 Å². The predicted octanol–water partition coefficient (Wildman–Crippen LogP) is 5.45. The molecule has 24 heavy (non-hydrogen) atoms. The zero-order valence-electron chi connectivity index (χ0n) is 15.9. The standard InChI is InChI=1S/C20H39NO3/c1-3-4-5-6-7-8-9-10-11-12-13-14-15-16-17-19(22)21-18(2)20(23)24/h18H,3-17H2,1-2H3,(H,21,22)(H,23,24)/t18-/m0/s1. The molecule has 0 unspecified atom stereocenters. The van der Waals surface area contributed by atoms with Gasteiger partial charge in [-0.3, -0.25) is 9.59 Å². The minimum atomic E-state index is -0.982. The number of carbonyl (C=O) groups excluding carboxylic acids is 1. The maximum Gasteiger partial charge on any atom is 0.325 e. The summed E-state index contributed by atoms with van der Waals surface area (Å²) in [5.74, 6) is -1.13. The first-order valence-electron chi connectivity index (χ1n) is 10.1. The summed E-state index contributed by atoms with van der Waals surface area (Å²) in [6, 6.07) is -0.788. The fraction of sp³-hybridized carbons (Fsp3) is 0.900. The Kier molecular flexibility index (Phi) is 16.0. The molecule has 0 aromatic carbocycles. The summed E-state index contributed by atoms with van der Waals surface area (Å²) < 4.78 is 0. The van der Waals surface area contributed by atoms with Crippen LogP contribution in [0.3, 0.4) is 0 Å². The van der Waals surface area contributed by atoms with Crippen molar-refractivity contribution in [3.8, 4) is 0 Å². The van der Waals surface area contributed by atoms with Crippen molar-refractivity contribution in [2.75, 3.05) is 0 Å². The number of hydrogen-bond acceptors (Lipinski definition) is 2. The number of nitrogens with one attached hydrogen (secondary N) is 1. The largest absolute Gasteiger partial charge is 0.480 e. The van der Waals surface area contributed by atoms with Gasteiger partial charge in [0.25, 0.3) is 0 Å². The average molecular weight is 342 g/mol. The van der Waals surface area contributed by atoms with Gasteiger partial charge in [0, 0.05) is 6.42 Å². The molecule has 0 fully saturated rings. The summed E-state index contributed by atoms with van der Waals surface area (Å²) in [4.78, 5) is 22.1. The molecule has 142 valence electrons. The minimum Gasteiger partial charge on any atom is -0.480 e. The Morgan fingerprint density at radius 2 is 1.12 bits per heavy atom. The Morgan fingerprint density at radius 3 is 1.50 bits per heavy atom. The first kappa shape index (κ1) is 22.9. The number of amides is 1. The van der Waals surface area contributed by atoms with E-state index < -0.39 is 12.0 Å². The van der Waals surface area contributed by atoms with Gasteiger partial charge in [-0.25, -0.2) is 0 Å². The maximum absolute atomic E-state index is 11.5. The van der Waals surface area contributed by atoms with E-state index in [9.17, 15) is 9.59 Å². The fourth-order valence-electron chi connectivity index (χ4n) is 2.86. The van der Waals surface area contributed by atoms with E-state index in [1.54, 1.807) is 0 Å². The monoisotopic (exact) mass is 341 g/mol. The van der Waals surface area contributed by atoms with E-state index >= 15 is 0 Å². The van der Waals surface area contributed by atoms with Crippen molar-refractivity contribution in [3.63, 3.8) is 0 Å². The quantitative estimate of drug-likeness (QED) is 0.346. The summed E-state index contributed by atoms with van der Waals surface area (Å²) >= 11 is 0. The number of carbonyl (C=O) groups is 2. The van der Waals surface area contributed by atoms with Crippen molar-refractivity contribution >= 4 is 11.9 Å². The van der Waals surface area contributed by atoms with Crippen LogP contribution in [-0.4, -0.2) is 23.0 Å². The second-order valence-corrected chi connectivity index (χ2v) is 6.97. The second kappa shape index (κ2) is 16.8. The highest BCUT2D eigenvalue weighted by Crippen LogP contribution is 2.13. The smallest absolute Gasteiger partial charge is 0.325 e. The molecule has 0 radical (unpaired) electrons. The van der Waals surface area contributed by atoms with Crippen LogP contribution >= 0.6 is 0 Å². The summed E-state index contributed by atoms with van der Waals surface area (Å²) in [7, 11) is 0. The molecule has 0 saturated carbocycles. The van der Waals surface area contributed by atoms with E-state index in [0.29, 0.717) is 6.42 Å². The molecule has 0 heterocycles.